The van der Waals surface area contributed by atoms with E-state index in [9.17, 15) is 4.79 Å². The van der Waals surface area contributed by atoms with Crippen molar-refractivity contribution < 1.29 is 9.53 Å². The third-order valence-electron chi connectivity index (χ3n) is 8.05. The van der Waals surface area contributed by atoms with Gasteiger partial charge in [0.05, 0.1) is 0 Å². The number of fused-ring (bicyclic) bond motifs is 2. The Bertz CT molecular complexity index is 1320. The normalized spacial score (nSPS) is 18.7. The lowest BCUT2D eigenvalue weighted by molar-refractivity contribution is 0.0178. The first kappa shape index (κ1) is 29.6. The van der Waals surface area contributed by atoms with Gasteiger partial charge in [0.15, 0.2) is 0 Å². The number of likely N-dealkylation sites (tertiary alicyclic amines) is 1. The zero-order valence-corrected chi connectivity index (χ0v) is 25.5. The van der Waals surface area contributed by atoms with Crippen LogP contribution in [0.3, 0.4) is 0 Å². The topological polar surface area (TPSA) is 47.4 Å². The molecule has 2 aromatic carbocycles. The van der Waals surface area contributed by atoms with Crippen molar-refractivity contribution in [1.29, 1.82) is 0 Å². The number of benzene rings is 2. The van der Waals surface area contributed by atoms with Crippen LogP contribution in [0.4, 0.5) is 4.79 Å². The molecule has 5 heteroatoms. The van der Waals surface area contributed by atoms with E-state index >= 15 is 0 Å². The van der Waals surface area contributed by atoms with E-state index in [2.05, 4.69) is 78.1 Å². The number of rotatable bonds is 4. The highest BCUT2D eigenvalue weighted by atomic mass is 16.6. The Morgan fingerprint density at radius 1 is 1.02 bits per heavy atom. The Kier molecular flexibility index (Phi) is 9.55. The number of hydrogen-bond donors (Lipinski definition) is 0. The first-order chi connectivity index (χ1) is 19.2. The minimum absolute atomic E-state index is 0.190. The number of hydrogen-bond acceptors (Lipinski definition) is 3. The molecule has 1 atom stereocenters. The summed E-state index contributed by atoms with van der Waals surface area (Å²) in [6.07, 6.45) is 10.1. The fourth-order valence-corrected chi connectivity index (χ4v) is 6.15. The lowest BCUT2D eigenvalue weighted by atomic mass is 9.71. The maximum absolute atomic E-state index is 12.8. The first-order valence-corrected chi connectivity index (χ1v) is 15.0. The molecule has 3 aromatic rings. The predicted molar refractivity (Wildman–Crippen MR) is 165 cm³/mol. The highest BCUT2D eigenvalue weighted by Gasteiger charge is 2.34. The van der Waals surface area contributed by atoms with Crippen LogP contribution in [-0.2, 0) is 17.7 Å². The van der Waals surface area contributed by atoms with Crippen molar-refractivity contribution in [3.63, 3.8) is 0 Å². The molecule has 5 nitrogen and oxygen atoms in total. The van der Waals surface area contributed by atoms with Crippen molar-refractivity contribution in [2.75, 3.05) is 13.1 Å². The second kappa shape index (κ2) is 12.9. The summed E-state index contributed by atoms with van der Waals surface area (Å²) in [5.41, 5.74) is 7.91. The molecule has 0 bridgehead atoms. The number of piperidine rings is 1. The Hall–Kier alpha value is -3.34. The van der Waals surface area contributed by atoms with Gasteiger partial charge in [0.1, 0.15) is 11.4 Å². The van der Waals surface area contributed by atoms with E-state index in [1.165, 1.54) is 33.4 Å². The number of amides is 1. The minimum Gasteiger partial charge on any atom is -0.444 e. The average Bonchev–Trinajstić information content (AvgIpc) is 3.34. The largest absolute Gasteiger partial charge is 0.444 e. The zero-order valence-electron chi connectivity index (χ0n) is 25.5. The maximum Gasteiger partial charge on any atom is 0.410 e. The summed E-state index contributed by atoms with van der Waals surface area (Å²) in [7, 11) is 0. The molecule has 5 rings (SSSR count). The van der Waals surface area contributed by atoms with E-state index in [-0.39, 0.29) is 6.09 Å². The first-order valence-electron chi connectivity index (χ1n) is 15.0. The van der Waals surface area contributed by atoms with Gasteiger partial charge in [-0.15, -0.1) is 0 Å². The van der Waals surface area contributed by atoms with Gasteiger partial charge in [-0.25, -0.2) is 9.78 Å². The van der Waals surface area contributed by atoms with Gasteiger partial charge in [-0.3, -0.25) is 0 Å². The maximum atomic E-state index is 12.8. The van der Waals surface area contributed by atoms with Crippen molar-refractivity contribution in [2.45, 2.75) is 92.2 Å². The summed E-state index contributed by atoms with van der Waals surface area (Å²) in [5.74, 6) is 1.83. The molecule has 1 fully saturated rings. The molecule has 0 N–H and O–H groups in total. The Balaban J connectivity index is 0.00000181. The molecule has 1 amide bonds. The standard InChI is InChI=1S/C33H41N3O2.C2H6/c1-23-10-13-29-27(22-23)12-11-25(14-18-35-21-17-34-24(35)2)28-8-6-7-9-30(28)31(29)26-15-19-36(20-16-26)32(37)38-33(3,4)5;1-2/h6-11,13,17,21-22,26,31H,12,14-16,18-20H2,1-5H3;1-2H3/b25-11-;. The molecule has 1 aliphatic carbocycles. The van der Waals surface area contributed by atoms with Crippen LogP contribution in [0.2, 0.25) is 0 Å². The number of aryl methyl sites for hydroxylation is 3. The third kappa shape index (κ3) is 6.86. The highest BCUT2D eigenvalue weighted by Crippen LogP contribution is 2.44. The second-order valence-electron chi connectivity index (χ2n) is 11.9. The molecule has 2 heterocycles. The summed E-state index contributed by atoms with van der Waals surface area (Å²) in [4.78, 5) is 19.1. The number of carbonyl (C=O) groups is 1. The molecule has 0 spiro atoms. The van der Waals surface area contributed by atoms with Gasteiger partial charge in [0, 0.05) is 37.9 Å². The molecule has 40 heavy (non-hydrogen) atoms. The molecule has 1 aromatic heterocycles. The number of allylic oxidation sites excluding steroid dienone is 2. The Morgan fingerprint density at radius 3 is 2.42 bits per heavy atom. The van der Waals surface area contributed by atoms with E-state index in [0.717, 1.165) is 51.1 Å². The summed E-state index contributed by atoms with van der Waals surface area (Å²) in [5, 5.41) is 0. The Labute approximate surface area is 241 Å². The van der Waals surface area contributed by atoms with E-state index in [1.54, 1.807) is 0 Å². The van der Waals surface area contributed by atoms with Gasteiger partial charge in [-0.2, -0.15) is 0 Å². The fraction of sp³-hybridized carbons (Fsp3) is 0.486. The lowest BCUT2D eigenvalue weighted by Crippen LogP contribution is -2.42. The van der Waals surface area contributed by atoms with Crippen molar-refractivity contribution in [2.24, 2.45) is 5.92 Å². The summed E-state index contributed by atoms with van der Waals surface area (Å²) in [6, 6.07) is 16.0. The minimum atomic E-state index is -0.471. The molecular formula is C35H47N3O2. The highest BCUT2D eigenvalue weighted by molar-refractivity contribution is 5.71. The molecule has 0 radical (unpaired) electrons. The van der Waals surface area contributed by atoms with Crippen LogP contribution in [0.25, 0.3) is 5.57 Å². The van der Waals surface area contributed by atoms with E-state index in [4.69, 9.17) is 4.74 Å². The SMILES string of the molecule is CC.Cc1ccc2c(c1)C/C=C(/CCn1ccnc1C)c1ccccc1C2C1CCN(C(=O)OC(C)(C)C)CC1. The van der Waals surface area contributed by atoms with Crippen molar-refractivity contribution in [1.82, 2.24) is 14.5 Å². The molecule has 0 saturated carbocycles. The van der Waals surface area contributed by atoms with Crippen LogP contribution in [0.15, 0.2) is 60.9 Å². The molecule has 2 aliphatic rings. The number of aromatic nitrogens is 2. The summed E-state index contributed by atoms with van der Waals surface area (Å²) >= 11 is 0. The number of ether oxygens (including phenoxy) is 1. The van der Waals surface area contributed by atoms with Crippen LogP contribution >= 0.6 is 0 Å². The van der Waals surface area contributed by atoms with Gasteiger partial charge in [-0.1, -0.05) is 68.0 Å². The summed E-state index contributed by atoms with van der Waals surface area (Å²) < 4.78 is 7.91. The predicted octanol–water partition coefficient (Wildman–Crippen LogP) is 8.33. The van der Waals surface area contributed by atoms with Crippen LogP contribution < -0.4 is 0 Å². The molecule has 214 valence electrons. The van der Waals surface area contributed by atoms with Gasteiger partial charge in [0.25, 0.3) is 0 Å². The van der Waals surface area contributed by atoms with Crippen LogP contribution in [-0.4, -0.2) is 39.2 Å². The number of imidazole rings is 1. The van der Waals surface area contributed by atoms with Crippen molar-refractivity contribution in [3.8, 4) is 0 Å². The van der Waals surface area contributed by atoms with Gasteiger partial charge < -0.3 is 14.2 Å². The number of nitrogens with zero attached hydrogens (tertiary/aromatic N) is 3. The van der Waals surface area contributed by atoms with E-state index in [0.29, 0.717) is 11.8 Å². The van der Waals surface area contributed by atoms with E-state index < -0.39 is 5.60 Å². The lowest BCUT2D eigenvalue weighted by Gasteiger charge is -2.39. The monoisotopic (exact) mass is 541 g/mol. The fourth-order valence-electron chi connectivity index (χ4n) is 6.15. The quantitative estimate of drug-likeness (QED) is 0.333. The van der Waals surface area contributed by atoms with Crippen molar-refractivity contribution >= 4 is 11.7 Å². The van der Waals surface area contributed by atoms with Gasteiger partial charge in [-0.05, 0) is 94.0 Å². The average molecular weight is 542 g/mol. The second-order valence-corrected chi connectivity index (χ2v) is 11.9. The number of carbonyl (C=O) groups excluding carboxylic acids is 1. The smallest absolute Gasteiger partial charge is 0.410 e. The van der Waals surface area contributed by atoms with Gasteiger partial charge >= 0.3 is 6.09 Å². The van der Waals surface area contributed by atoms with Gasteiger partial charge in [0.2, 0.25) is 0 Å². The van der Waals surface area contributed by atoms with Crippen LogP contribution in [0.1, 0.15) is 93.4 Å². The van der Waals surface area contributed by atoms with Crippen LogP contribution in [0, 0.1) is 19.8 Å². The van der Waals surface area contributed by atoms with Crippen LogP contribution in [0.5, 0.6) is 0 Å². The molecule has 1 aliphatic heterocycles. The molecule has 1 unspecified atom stereocenters. The third-order valence-corrected chi connectivity index (χ3v) is 8.05. The molecule has 1 saturated heterocycles. The molecular weight excluding hydrogens is 494 g/mol. The van der Waals surface area contributed by atoms with E-state index in [1.807, 2.05) is 45.7 Å². The Morgan fingerprint density at radius 2 is 1.75 bits per heavy atom. The summed E-state index contributed by atoms with van der Waals surface area (Å²) in [6.45, 7) is 16.5. The van der Waals surface area contributed by atoms with Crippen molar-refractivity contribution in [3.05, 3.63) is 94.6 Å². The zero-order chi connectivity index (χ0) is 28.9.